The molecule has 1 saturated heterocycles. The molecule has 5 N–H and O–H groups in total. The molecule has 2 fully saturated rings. The van der Waals surface area contributed by atoms with Gasteiger partial charge in [0.25, 0.3) is 0 Å². The van der Waals surface area contributed by atoms with Gasteiger partial charge in [-0.15, -0.1) is 0 Å². The highest BCUT2D eigenvalue weighted by Crippen LogP contribution is 2.56. The van der Waals surface area contributed by atoms with Gasteiger partial charge in [-0.1, -0.05) is 13.8 Å². The molecule has 10 heteroatoms. The monoisotopic (exact) mass is 440 g/mol. The second-order valence-electron chi connectivity index (χ2n) is 8.68. The summed E-state index contributed by atoms with van der Waals surface area (Å²) in [6, 6.07) is 3.41. The standard InChI is InChI=1S/C21H28O10/c1-9-10(29-20-17(26)16(25)14(23)12(8-22)30-20)5-6-21(2)13(9)15(24)19(27)31-18(21)11-4-3-7-28-11/h3-4,7,9-10,12,14,16-18,20,22-26H,5-6,8H2,1-2H3. The third-order valence-electron chi connectivity index (χ3n) is 6.79. The third kappa shape index (κ3) is 3.57. The molecular formula is C21H28O10. The minimum absolute atomic E-state index is 0.462. The van der Waals surface area contributed by atoms with Gasteiger partial charge < -0.3 is 44.2 Å². The molecule has 1 aliphatic carbocycles. The minimum Gasteiger partial charge on any atom is -0.502 e. The zero-order valence-electron chi connectivity index (χ0n) is 17.2. The molecule has 9 atom stereocenters. The molecule has 10 nitrogen and oxygen atoms in total. The van der Waals surface area contributed by atoms with E-state index < -0.39 is 72.6 Å². The Bertz CT molecular complexity index is 833. The number of aliphatic hydroxyl groups is 5. The summed E-state index contributed by atoms with van der Waals surface area (Å²) in [5.74, 6) is -1.31. The van der Waals surface area contributed by atoms with E-state index in [-0.39, 0.29) is 0 Å². The summed E-state index contributed by atoms with van der Waals surface area (Å²) in [7, 11) is 0. The smallest absolute Gasteiger partial charge is 0.374 e. The second kappa shape index (κ2) is 8.19. The Kier molecular flexibility index (Phi) is 5.88. The largest absolute Gasteiger partial charge is 0.502 e. The van der Waals surface area contributed by atoms with Crippen molar-refractivity contribution in [3.8, 4) is 0 Å². The van der Waals surface area contributed by atoms with Crippen molar-refractivity contribution in [1.82, 2.24) is 0 Å². The average molecular weight is 440 g/mol. The number of hydrogen-bond donors (Lipinski definition) is 5. The van der Waals surface area contributed by atoms with E-state index >= 15 is 0 Å². The Morgan fingerprint density at radius 1 is 1.23 bits per heavy atom. The normalized spacial score (nSPS) is 43.5. The lowest BCUT2D eigenvalue weighted by Gasteiger charge is -2.50. The quantitative estimate of drug-likeness (QED) is 0.412. The molecule has 31 heavy (non-hydrogen) atoms. The van der Waals surface area contributed by atoms with Crippen LogP contribution in [0.25, 0.3) is 0 Å². The summed E-state index contributed by atoms with van der Waals surface area (Å²) in [5, 5.41) is 50.2. The van der Waals surface area contributed by atoms with Crippen molar-refractivity contribution >= 4 is 5.97 Å². The van der Waals surface area contributed by atoms with E-state index in [1.165, 1.54) is 6.26 Å². The van der Waals surface area contributed by atoms with Crippen molar-refractivity contribution in [3.05, 3.63) is 35.5 Å². The summed E-state index contributed by atoms with van der Waals surface area (Å²) in [4.78, 5) is 12.4. The maximum atomic E-state index is 12.4. The zero-order chi connectivity index (χ0) is 22.5. The van der Waals surface area contributed by atoms with Gasteiger partial charge in [0.05, 0.1) is 19.0 Å². The fourth-order valence-electron chi connectivity index (χ4n) is 5.04. The average Bonchev–Trinajstić information content (AvgIpc) is 3.27. The van der Waals surface area contributed by atoms with Crippen molar-refractivity contribution in [3.63, 3.8) is 0 Å². The molecule has 0 radical (unpaired) electrons. The molecular weight excluding hydrogens is 412 g/mol. The Morgan fingerprint density at radius 2 is 1.97 bits per heavy atom. The summed E-state index contributed by atoms with van der Waals surface area (Å²) in [6.07, 6.45) is -5.82. The number of fused-ring (bicyclic) bond motifs is 1. The molecule has 0 bridgehead atoms. The molecule has 1 aromatic rings. The maximum Gasteiger partial charge on any atom is 0.374 e. The molecule has 4 rings (SSSR count). The predicted molar refractivity (Wildman–Crippen MR) is 102 cm³/mol. The van der Waals surface area contributed by atoms with Gasteiger partial charge in [0, 0.05) is 11.3 Å². The van der Waals surface area contributed by atoms with Gasteiger partial charge in [-0.2, -0.15) is 0 Å². The van der Waals surface area contributed by atoms with E-state index in [0.717, 1.165) is 0 Å². The van der Waals surface area contributed by atoms with E-state index in [1.807, 2.05) is 6.92 Å². The van der Waals surface area contributed by atoms with Crippen molar-refractivity contribution < 1.29 is 49.0 Å². The van der Waals surface area contributed by atoms with Gasteiger partial charge in [-0.05, 0) is 30.5 Å². The highest BCUT2D eigenvalue weighted by Gasteiger charge is 2.55. The first-order valence-corrected chi connectivity index (χ1v) is 10.3. The Balaban J connectivity index is 1.59. The van der Waals surface area contributed by atoms with Gasteiger partial charge in [0.15, 0.2) is 12.4 Å². The third-order valence-corrected chi connectivity index (χ3v) is 6.79. The van der Waals surface area contributed by atoms with Gasteiger partial charge in [0.2, 0.25) is 5.76 Å². The van der Waals surface area contributed by atoms with Crippen LogP contribution in [0.3, 0.4) is 0 Å². The van der Waals surface area contributed by atoms with Crippen LogP contribution in [0.4, 0.5) is 0 Å². The lowest BCUT2D eigenvalue weighted by atomic mass is 9.61. The van der Waals surface area contributed by atoms with Crippen molar-refractivity contribution in [2.45, 2.75) is 69.6 Å². The molecule has 9 unspecified atom stereocenters. The van der Waals surface area contributed by atoms with Crippen LogP contribution in [0.1, 0.15) is 38.6 Å². The Labute approximate surface area is 178 Å². The van der Waals surface area contributed by atoms with Crippen LogP contribution in [-0.4, -0.2) is 74.9 Å². The first-order valence-electron chi connectivity index (χ1n) is 10.3. The highest BCUT2D eigenvalue weighted by molar-refractivity contribution is 5.88. The molecule has 172 valence electrons. The van der Waals surface area contributed by atoms with E-state index in [1.54, 1.807) is 19.1 Å². The summed E-state index contributed by atoms with van der Waals surface area (Å²) < 4.78 is 22.3. The number of rotatable bonds is 4. The molecule has 1 aromatic heterocycles. The van der Waals surface area contributed by atoms with Crippen LogP contribution in [0, 0.1) is 11.3 Å². The number of ether oxygens (including phenoxy) is 3. The second-order valence-corrected chi connectivity index (χ2v) is 8.68. The first-order chi connectivity index (χ1) is 14.7. The Morgan fingerprint density at radius 3 is 2.61 bits per heavy atom. The predicted octanol–water partition coefficient (Wildman–Crippen LogP) is 0.311. The Hall–Kier alpha value is -1.95. The van der Waals surface area contributed by atoms with Crippen LogP contribution < -0.4 is 0 Å². The maximum absolute atomic E-state index is 12.4. The zero-order valence-corrected chi connectivity index (χ0v) is 17.2. The van der Waals surface area contributed by atoms with Gasteiger partial charge in [0.1, 0.15) is 30.2 Å². The van der Waals surface area contributed by atoms with E-state index in [2.05, 4.69) is 0 Å². The van der Waals surface area contributed by atoms with Crippen LogP contribution in [0.2, 0.25) is 0 Å². The van der Waals surface area contributed by atoms with Gasteiger partial charge in [-0.25, -0.2) is 4.79 Å². The fraction of sp³-hybridized carbons (Fsp3) is 0.667. The number of esters is 1. The number of carbonyl (C=O) groups excluding carboxylic acids is 1. The molecule has 0 aromatic carbocycles. The molecule has 3 aliphatic rings. The van der Waals surface area contributed by atoms with Crippen LogP contribution >= 0.6 is 0 Å². The number of cyclic esters (lactones) is 1. The molecule has 0 amide bonds. The lowest BCUT2D eigenvalue weighted by Crippen LogP contribution is -2.60. The van der Waals surface area contributed by atoms with Crippen LogP contribution in [0.15, 0.2) is 34.1 Å². The summed E-state index contributed by atoms with van der Waals surface area (Å²) >= 11 is 0. The summed E-state index contributed by atoms with van der Waals surface area (Å²) in [6.45, 7) is 3.11. The van der Waals surface area contributed by atoms with E-state index in [9.17, 15) is 30.3 Å². The lowest BCUT2D eigenvalue weighted by molar-refractivity contribution is -0.316. The first kappa shape index (κ1) is 22.3. The van der Waals surface area contributed by atoms with Crippen molar-refractivity contribution in [1.29, 1.82) is 0 Å². The minimum atomic E-state index is -1.55. The number of carbonyl (C=O) groups is 1. The highest BCUT2D eigenvalue weighted by atomic mass is 16.7. The number of aliphatic hydroxyl groups excluding tert-OH is 5. The van der Waals surface area contributed by atoms with E-state index in [0.29, 0.717) is 24.2 Å². The molecule has 1 saturated carbocycles. The van der Waals surface area contributed by atoms with Gasteiger partial charge in [-0.3, -0.25) is 0 Å². The fourth-order valence-corrected chi connectivity index (χ4v) is 5.04. The summed E-state index contributed by atoms with van der Waals surface area (Å²) in [5.41, 5.74) is -0.268. The molecule has 2 aliphatic heterocycles. The van der Waals surface area contributed by atoms with Crippen molar-refractivity contribution in [2.75, 3.05) is 6.61 Å². The van der Waals surface area contributed by atoms with E-state index in [4.69, 9.17) is 18.6 Å². The van der Waals surface area contributed by atoms with Crippen LogP contribution in [-0.2, 0) is 19.0 Å². The molecule has 3 heterocycles. The van der Waals surface area contributed by atoms with Gasteiger partial charge >= 0.3 is 5.97 Å². The SMILES string of the molecule is CC1C2=C(O)C(=O)OC(c3ccco3)C2(C)CCC1OC1OC(CO)C(O)C(O)C1O. The topological polar surface area (TPSA) is 159 Å². The van der Waals surface area contributed by atoms with Crippen LogP contribution in [0.5, 0.6) is 0 Å². The number of hydrogen-bond acceptors (Lipinski definition) is 10. The number of furan rings is 1. The molecule has 0 spiro atoms. The van der Waals surface area contributed by atoms with Crippen molar-refractivity contribution in [2.24, 2.45) is 11.3 Å².